The molecule has 1 N–H and O–H groups in total. The van der Waals surface area contributed by atoms with Crippen molar-refractivity contribution in [3.8, 4) is 17.1 Å². The fourth-order valence-electron chi connectivity index (χ4n) is 4.16. The SMILES string of the molecule is COc1ccc(CN2C(=S)N[C@@H](c3ccccn3)[C@H]2c2ccc(-c3cccc(Cl)c3Cl)o2)cc1. The van der Waals surface area contributed by atoms with E-state index in [-0.39, 0.29) is 12.1 Å². The molecule has 0 radical (unpaired) electrons. The van der Waals surface area contributed by atoms with Crippen LogP contribution in [0, 0.1) is 0 Å². The van der Waals surface area contributed by atoms with Crippen molar-refractivity contribution in [1.29, 1.82) is 0 Å². The Morgan fingerprint density at radius 1 is 1.03 bits per heavy atom. The number of rotatable bonds is 6. The first-order valence-electron chi connectivity index (χ1n) is 10.7. The monoisotopic (exact) mass is 509 g/mol. The summed E-state index contributed by atoms with van der Waals surface area (Å²) in [7, 11) is 1.66. The van der Waals surface area contributed by atoms with Gasteiger partial charge in [0.25, 0.3) is 0 Å². The van der Waals surface area contributed by atoms with Gasteiger partial charge in [-0.1, -0.05) is 47.5 Å². The molecule has 0 amide bonds. The van der Waals surface area contributed by atoms with E-state index in [0.717, 1.165) is 28.3 Å². The number of halogens is 2. The minimum atomic E-state index is -0.212. The second-order valence-electron chi connectivity index (χ2n) is 7.91. The Balaban J connectivity index is 1.53. The number of pyridine rings is 1. The van der Waals surface area contributed by atoms with Crippen molar-refractivity contribution in [2.45, 2.75) is 18.6 Å². The van der Waals surface area contributed by atoms with Crippen molar-refractivity contribution in [2.75, 3.05) is 7.11 Å². The number of thiocarbonyl (C=S) groups is 1. The van der Waals surface area contributed by atoms with Crippen molar-refractivity contribution in [1.82, 2.24) is 15.2 Å². The summed E-state index contributed by atoms with van der Waals surface area (Å²) >= 11 is 18.4. The molecule has 3 heterocycles. The number of nitrogens with one attached hydrogen (secondary N) is 1. The number of nitrogens with zero attached hydrogens (tertiary/aromatic N) is 2. The van der Waals surface area contributed by atoms with Crippen LogP contribution in [0.1, 0.15) is 29.1 Å². The molecule has 2 atom stereocenters. The van der Waals surface area contributed by atoms with E-state index in [1.54, 1.807) is 19.4 Å². The summed E-state index contributed by atoms with van der Waals surface area (Å²) in [6.07, 6.45) is 1.78. The standard InChI is InChI=1S/C26H21Cl2N3O2S/c1-32-17-10-8-16(9-11-17)15-31-25(24(30-26(31)34)20-7-2-3-14-29-20)22-13-12-21(33-22)18-5-4-6-19(27)23(18)28/h2-14,24-25H,15H2,1H3,(H,30,34)/t24-,25+/m0/s1. The summed E-state index contributed by atoms with van der Waals surface area (Å²) in [4.78, 5) is 6.70. The van der Waals surface area contributed by atoms with Crippen molar-refractivity contribution in [3.05, 3.63) is 106 Å². The molecular weight excluding hydrogens is 489 g/mol. The van der Waals surface area contributed by atoms with Gasteiger partial charge in [-0.2, -0.15) is 0 Å². The number of methoxy groups -OCH3 is 1. The molecule has 0 bridgehead atoms. The van der Waals surface area contributed by atoms with Crippen LogP contribution in [0.15, 0.2) is 83.4 Å². The highest BCUT2D eigenvalue weighted by atomic mass is 35.5. The zero-order valence-electron chi connectivity index (χ0n) is 18.2. The zero-order valence-corrected chi connectivity index (χ0v) is 20.6. The Labute approximate surface area is 213 Å². The van der Waals surface area contributed by atoms with Gasteiger partial charge in [0.15, 0.2) is 5.11 Å². The Kier molecular flexibility index (Phi) is 6.46. The van der Waals surface area contributed by atoms with Gasteiger partial charge in [-0.25, -0.2) is 0 Å². The number of benzene rings is 2. The first-order chi connectivity index (χ1) is 16.5. The second kappa shape index (κ2) is 9.66. The van der Waals surface area contributed by atoms with E-state index in [2.05, 4.69) is 15.2 Å². The first kappa shape index (κ1) is 22.7. The fourth-order valence-corrected chi connectivity index (χ4v) is 4.86. The van der Waals surface area contributed by atoms with E-state index in [0.29, 0.717) is 27.5 Å². The van der Waals surface area contributed by atoms with Crippen LogP contribution in [0.5, 0.6) is 5.75 Å². The van der Waals surface area contributed by atoms with Crippen molar-refractivity contribution >= 4 is 40.5 Å². The number of hydrogen-bond acceptors (Lipinski definition) is 4. The average Bonchev–Trinajstić information content (AvgIpc) is 3.47. The van der Waals surface area contributed by atoms with E-state index in [1.807, 2.05) is 66.7 Å². The molecule has 0 saturated carbocycles. The molecule has 34 heavy (non-hydrogen) atoms. The van der Waals surface area contributed by atoms with E-state index >= 15 is 0 Å². The molecule has 0 unspecified atom stereocenters. The number of aromatic nitrogens is 1. The van der Waals surface area contributed by atoms with Crippen LogP contribution in [-0.2, 0) is 6.54 Å². The van der Waals surface area contributed by atoms with Crippen LogP contribution < -0.4 is 10.1 Å². The zero-order chi connectivity index (χ0) is 23.7. The molecule has 8 heteroatoms. The highest BCUT2D eigenvalue weighted by molar-refractivity contribution is 7.80. The lowest BCUT2D eigenvalue weighted by atomic mass is 10.0. The molecule has 5 nitrogen and oxygen atoms in total. The minimum Gasteiger partial charge on any atom is -0.497 e. The molecule has 1 saturated heterocycles. The summed E-state index contributed by atoms with van der Waals surface area (Å²) in [6, 6.07) is 22.8. The molecule has 2 aromatic carbocycles. The predicted molar refractivity (Wildman–Crippen MR) is 138 cm³/mol. The Morgan fingerprint density at radius 2 is 1.85 bits per heavy atom. The van der Waals surface area contributed by atoms with Crippen LogP contribution in [0.25, 0.3) is 11.3 Å². The lowest BCUT2D eigenvalue weighted by molar-refractivity contribution is 0.269. The van der Waals surface area contributed by atoms with Crippen LogP contribution in [0.3, 0.4) is 0 Å². The highest BCUT2D eigenvalue weighted by Crippen LogP contribution is 2.42. The summed E-state index contributed by atoms with van der Waals surface area (Å²) < 4.78 is 11.7. The van der Waals surface area contributed by atoms with Gasteiger partial charge in [0.2, 0.25) is 0 Å². The van der Waals surface area contributed by atoms with Crippen LogP contribution in [0.4, 0.5) is 0 Å². The van der Waals surface area contributed by atoms with E-state index in [1.165, 1.54) is 0 Å². The second-order valence-corrected chi connectivity index (χ2v) is 9.08. The third-order valence-corrected chi connectivity index (χ3v) is 7.02. The lowest BCUT2D eigenvalue weighted by Crippen LogP contribution is -2.29. The Hall–Kier alpha value is -3.06. The van der Waals surface area contributed by atoms with Gasteiger partial charge < -0.3 is 19.4 Å². The highest BCUT2D eigenvalue weighted by Gasteiger charge is 2.41. The van der Waals surface area contributed by atoms with Crippen LogP contribution in [0.2, 0.25) is 10.0 Å². The third-order valence-electron chi connectivity index (χ3n) is 5.85. The van der Waals surface area contributed by atoms with Gasteiger partial charge in [-0.05, 0) is 66.3 Å². The topological polar surface area (TPSA) is 50.5 Å². The van der Waals surface area contributed by atoms with E-state index in [9.17, 15) is 0 Å². The normalized spacial score (nSPS) is 17.6. The lowest BCUT2D eigenvalue weighted by Gasteiger charge is -2.26. The molecule has 1 fully saturated rings. The van der Waals surface area contributed by atoms with Gasteiger partial charge in [-0.3, -0.25) is 4.98 Å². The maximum atomic E-state index is 6.45. The number of hydrogen-bond donors (Lipinski definition) is 1. The fraction of sp³-hybridized carbons (Fsp3) is 0.154. The summed E-state index contributed by atoms with van der Waals surface area (Å²) in [6.45, 7) is 0.595. The Morgan fingerprint density at radius 3 is 2.59 bits per heavy atom. The predicted octanol–water partition coefficient (Wildman–Crippen LogP) is 6.83. The van der Waals surface area contributed by atoms with Crippen molar-refractivity contribution in [2.24, 2.45) is 0 Å². The Bertz CT molecular complexity index is 1310. The molecular formula is C26H21Cl2N3O2S. The van der Waals surface area contributed by atoms with Gasteiger partial charge in [0, 0.05) is 18.3 Å². The van der Waals surface area contributed by atoms with Gasteiger partial charge in [-0.15, -0.1) is 0 Å². The molecule has 2 aromatic heterocycles. The average molecular weight is 510 g/mol. The van der Waals surface area contributed by atoms with Crippen LogP contribution >= 0.6 is 35.4 Å². The number of ether oxygens (including phenoxy) is 1. The van der Waals surface area contributed by atoms with Gasteiger partial charge in [0.1, 0.15) is 23.3 Å². The smallest absolute Gasteiger partial charge is 0.170 e. The summed E-state index contributed by atoms with van der Waals surface area (Å²) in [5, 5.41) is 5.02. The molecule has 1 aliphatic rings. The summed E-state index contributed by atoms with van der Waals surface area (Å²) in [5.74, 6) is 2.20. The third kappa shape index (κ3) is 4.37. The first-order valence-corrected chi connectivity index (χ1v) is 11.9. The largest absolute Gasteiger partial charge is 0.497 e. The maximum absolute atomic E-state index is 6.45. The van der Waals surface area contributed by atoms with Gasteiger partial charge >= 0.3 is 0 Å². The maximum Gasteiger partial charge on any atom is 0.170 e. The minimum absolute atomic E-state index is 0.180. The van der Waals surface area contributed by atoms with Crippen molar-refractivity contribution < 1.29 is 9.15 Å². The molecule has 0 spiro atoms. The van der Waals surface area contributed by atoms with Crippen molar-refractivity contribution in [3.63, 3.8) is 0 Å². The molecule has 4 aromatic rings. The molecule has 0 aliphatic carbocycles. The molecule has 172 valence electrons. The van der Waals surface area contributed by atoms with E-state index in [4.69, 9.17) is 44.6 Å². The quantitative estimate of drug-likeness (QED) is 0.287. The van der Waals surface area contributed by atoms with Crippen LogP contribution in [-0.4, -0.2) is 22.1 Å². The number of furan rings is 1. The summed E-state index contributed by atoms with van der Waals surface area (Å²) in [5.41, 5.74) is 2.72. The van der Waals surface area contributed by atoms with Gasteiger partial charge in [0.05, 0.1) is 28.9 Å². The van der Waals surface area contributed by atoms with E-state index < -0.39 is 0 Å². The molecule has 5 rings (SSSR count). The molecule has 1 aliphatic heterocycles.